The molecule has 0 aromatic heterocycles. The molecule has 2 rings (SSSR count). The van der Waals surface area contributed by atoms with Gasteiger partial charge in [0, 0.05) is 5.92 Å². The lowest BCUT2D eigenvalue weighted by Crippen LogP contribution is -2.28. The Kier molecular flexibility index (Phi) is 3.14. The number of hydrogen-bond acceptors (Lipinski definition) is 3. The van der Waals surface area contributed by atoms with Gasteiger partial charge in [0.25, 0.3) is 0 Å². The van der Waals surface area contributed by atoms with E-state index in [-0.39, 0.29) is 17.6 Å². The Balaban J connectivity index is 2.16. The van der Waals surface area contributed by atoms with E-state index in [9.17, 15) is 21.6 Å². The van der Waals surface area contributed by atoms with Crippen LogP contribution in [0.5, 0.6) is 0 Å². The van der Waals surface area contributed by atoms with Gasteiger partial charge in [0.05, 0.1) is 0 Å². The smallest absolute Gasteiger partial charge is 0.381 e. The summed E-state index contributed by atoms with van der Waals surface area (Å²) in [4.78, 5) is 0. The Morgan fingerprint density at radius 1 is 1.24 bits per heavy atom. The molecular weight excluding hydrogens is 257 g/mol. The molecule has 98 valence electrons. The summed E-state index contributed by atoms with van der Waals surface area (Å²) in [6.07, 6.45) is 5.55. The Labute approximate surface area is 97.8 Å². The van der Waals surface area contributed by atoms with E-state index in [1.807, 2.05) is 0 Å². The normalized spacial score (nSPS) is 29.7. The van der Waals surface area contributed by atoms with Crippen molar-refractivity contribution in [3.05, 3.63) is 11.8 Å². The van der Waals surface area contributed by atoms with Crippen molar-refractivity contribution >= 4 is 10.1 Å². The molecule has 0 radical (unpaired) electrons. The summed E-state index contributed by atoms with van der Waals surface area (Å²) < 4.78 is 62.7. The predicted octanol–water partition coefficient (Wildman–Crippen LogP) is 2.95. The van der Waals surface area contributed by atoms with Gasteiger partial charge in [-0.2, -0.15) is 21.6 Å². The van der Waals surface area contributed by atoms with Crippen LogP contribution in [0.4, 0.5) is 13.2 Å². The van der Waals surface area contributed by atoms with Crippen LogP contribution in [0.1, 0.15) is 32.1 Å². The van der Waals surface area contributed by atoms with Gasteiger partial charge in [-0.15, -0.1) is 0 Å². The molecule has 0 N–H and O–H groups in total. The third kappa shape index (κ3) is 2.43. The minimum absolute atomic E-state index is 0.00363. The van der Waals surface area contributed by atoms with Gasteiger partial charge in [0.2, 0.25) is 0 Å². The van der Waals surface area contributed by atoms with Crippen molar-refractivity contribution in [2.24, 2.45) is 11.8 Å². The topological polar surface area (TPSA) is 43.4 Å². The van der Waals surface area contributed by atoms with Crippen LogP contribution in [0.3, 0.4) is 0 Å². The largest absolute Gasteiger partial charge is 0.534 e. The SMILES string of the molecule is O=S(=O)(OC1=CCCC2CCCC12)C(F)(F)F. The highest BCUT2D eigenvalue weighted by Gasteiger charge is 2.50. The van der Waals surface area contributed by atoms with Crippen molar-refractivity contribution in [3.63, 3.8) is 0 Å². The number of allylic oxidation sites excluding steroid dienone is 2. The van der Waals surface area contributed by atoms with Gasteiger partial charge in [-0.25, -0.2) is 0 Å². The number of rotatable bonds is 2. The van der Waals surface area contributed by atoms with Crippen molar-refractivity contribution in [3.8, 4) is 0 Å². The highest BCUT2D eigenvalue weighted by molar-refractivity contribution is 7.87. The predicted molar refractivity (Wildman–Crippen MR) is 54.2 cm³/mol. The Bertz CT molecular complexity index is 425. The summed E-state index contributed by atoms with van der Waals surface area (Å²) in [5.74, 6) is 0.121. The minimum atomic E-state index is -5.50. The molecule has 0 bridgehead atoms. The standard InChI is InChI=1S/C10H13F3O3S/c11-10(12,13)17(14,15)16-9-6-2-4-7-3-1-5-8(7)9/h6-8H,1-5H2. The van der Waals surface area contributed by atoms with E-state index in [2.05, 4.69) is 4.18 Å². The lowest BCUT2D eigenvalue weighted by molar-refractivity contribution is -0.0529. The van der Waals surface area contributed by atoms with E-state index in [1.54, 1.807) is 0 Å². The molecule has 7 heteroatoms. The van der Waals surface area contributed by atoms with Crippen LogP contribution in [0.15, 0.2) is 11.8 Å². The Morgan fingerprint density at radius 2 is 1.94 bits per heavy atom. The average Bonchev–Trinajstić information content (AvgIpc) is 2.64. The number of halogens is 3. The zero-order valence-electron chi connectivity index (χ0n) is 9.03. The summed E-state index contributed by atoms with van der Waals surface area (Å²) in [6.45, 7) is 0. The first-order valence-corrected chi connectivity index (χ1v) is 6.93. The molecule has 1 fully saturated rings. The molecule has 0 saturated heterocycles. The van der Waals surface area contributed by atoms with Gasteiger partial charge in [-0.05, 0) is 37.7 Å². The Morgan fingerprint density at radius 3 is 2.59 bits per heavy atom. The van der Waals surface area contributed by atoms with E-state index in [4.69, 9.17) is 0 Å². The maximum Gasteiger partial charge on any atom is 0.534 e. The monoisotopic (exact) mass is 270 g/mol. The van der Waals surface area contributed by atoms with E-state index in [1.165, 1.54) is 6.08 Å². The fraction of sp³-hybridized carbons (Fsp3) is 0.800. The quantitative estimate of drug-likeness (QED) is 0.572. The lowest BCUT2D eigenvalue weighted by Gasteiger charge is -2.26. The highest BCUT2D eigenvalue weighted by atomic mass is 32.2. The average molecular weight is 270 g/mol. The second-order valence-electron chi connectivity index (χ2n) is 4.46. The zero-order valence-corrected chi connectivity index (χ0v) is 9.85. The number of hydrogen-bond donors (Lipinski definition) is 0. The Hall–Kier alpha value is -0.720. The van der Waals surface area contributed by atoms with Crippen molar-refractivity contribution in [2.45, 2.75) is 37.6 Å². The van der Waals surface area contributed by atoms with Crippen LogP contribution in [-0.2, 0) is 14.3 Å². The van der Waals surface area contributed by atoms with E-state index in [0.717, 1.165) is 19.3 Å². The summed E-state index contributed by atoms with van der Waals surface area (Å²) in [6, 6.07) is 0. The maximum absolute atomic E-state index is 12.2. The molecule has 0 aromatic rings. The van der Waals surface area contributed by atoms with Crippen LogP contribution in [0.2, 0.25) is 0 Å². The summed E-state index contributed by atoms with van der Waals surface area (Å²) in [7, 11) is -5.50. The molecule has 2 aliphatic carbocycles. The molecule has 2 unspecified atom stereocenters. The second-order valence-corrected chi connectivity index (χ2v) is 6.00. The van der Waals surface area contributed by atoms with E-state index < -0.39 is 15.6 Å². The molecule has 1 saturated carbocycles. The van der Waals surface area contributed by atoms with Crippen LogP contribution in [0, 0.1) is 11.8 Å². The van der Waals surface area contributed by atoms with Crippen LogP contribution in [0.25, 0.3) is 0 Å². The van der Waals surface area contributed by atoms with Crippen LogP contribution >= 0.6 is 0 Å². The van der Waals surface area contributed by atoms with Gasteiger partial charge >= 0.3 is 15.6 Å². The second kappa shape index (κ2) is 4.19. The van der Waals surface area contributed by atoms with Crippen molar-refractivity contribution in [2.75, 3.05) is 0 Å². The van der Waals surface area contributed by atoms with Crippen LogP contribution in [-0.4, -0.2) is 13.9 Å². The van der Waals surface area contributed by atoms with Crippen molar-refractivity contribution in [1.29, 1.82) is 0 Å². The first-order chi connectivity index (χ1) is 7.81. The van der Waals surface area contributed by atoms with Gasteiger partial charge in [0.1, 0.15) is 5.76 Å². The summed E-state index contributed by atoms with van der Waals surface area (Å²) in [5, 5.41) is 0. The fourth-order valence-corrected chi connectivity index (χ4v) is 3.16. The molecule has 0 amide bonds. The molecule has 3 nitrogen and oxygen atoms in total. The first-order valence-electron chi connectivity index (χ1n) is 5.52. The third-order valence-corrected chi connectivity index (χ3v) is 4.38. The summed E-state index contributed by atoms with van der Waals surface area (Å²) in [5.41, 5.74) is -5.35. The van der Waals surface area contributed by atoms with Gasteiger partial charge in [0.15, 0.2) is 0 Å². The van der Waals surface area contributed by atoms with Crippen molar-refractivity contribution < 1.29 is 25.8 Å². The zero-order chi connectivity index (χ0) is 12.7. The van der Waals surface area contributed by atoms with E-state index >= 15 is 0 Å². The van der Waals surface area contributed by atoms with Crippen LogP contribution < -0.4 is 0 Å². The molecular formula is C10H13F3O3S. The van der Waals surface area contributed by atoms with Gasteiger partial charge in [-0.1, -0.05) is 6.42 Å². The van der Waals surface area contributed by atoms with Gasteiger partial charge in [-0.3, -0.25) is 0 Å². The molecule has 0 aromatic carbocycles. The lowest BCUT2D eigenvalue weighted by atomic mass is 9.85. The van der Waals surface area contributed by atoms with Gasteiger partial charge < -0.3 is 4.18 Å². The molecule has 17 heavy (non-hydrogen) atoms. The first kappa shape index (κ1) is 12.7. The molecule has 0 spiro atoms. The molecule has 0 heterocycles. The maximum atomic E-state index is 12.2. The summed E-state index contributed by atoms with van der Waals surface area (Å²) >= 11 is 0. The minimum Gasteiger partial charge on any atom is -0.381 e. The molecule has 2 atom stereocenters. The molecule has 2 aliphatic rings. The number of alkyl halides is 3. The number of fused-ring (bicyclic) bond motifs is 1. The van der Waals surface area contributed by atoms with E-state index in [0.29, 0.717) is 12.8 Å². The third-order valence-electron chi connectivity index (χ3n) is 3.40. The van der Waals surface area contributed by atoms with Crippen molar-refractivity contribution in [1.82, 2.24) is 0 Å². The highest BCUT2D eigenvalue weighted by Crippen LogP contribution is 2.44. The fourth-order valence-electron chi connectivity index (χ4n) is 2.62. The molecule has 0 aliphatic heterocycles.